The molecular formula is C27H24Cl2N4O3. The van der Waals surface area contributed by atoms with Crippen LogP contribution in [0.4, 0.5) is 11.4 Å². The third-order valence-electron chi connectivity index (χ3n) is 5.29. The van der Waals surface area contributed by atoms with E-state index in [0.29, 0.717) is 39.3 Å². The SMILES string of the molecule is CCCNC(=O)c1ccc(Nc2c(Oc3ccc(C)cc3)cnn(-c3ccc(Cl)c(Cl)c3)c2=O)cc1. The highest BCUT2D eigenvalue weighted by Crippen LogP contribution is 2.30. The first-order valence-corrected chi connectivity index (χ1v) is 12.1. The highest BCUT2D eigenvalue weighted by molar-refractivity contribution is 6.42. The average Bonchev–Trinajstić information content (AvgIpc) is 2.88. The normalized spacial score (nSPS) is 10.7. The first-order chi connectivity index (χ1) is 17.4. The van der Waals surface area contributed by atoms with Crippen molar-refractivity contribution in [1.29, 1.82) is 0 Å². The van der Waals surface area contributed by atoms with Crippen LogP contribution in [0.5, 0.6) is 11.5 Å². The molecule has 1 heterocycles. The molecule has 0 saturated heterocycles. The van der Waals surface area contributed by atoms with Gasteiger partial charge >= 0.3 is 0 Å². The zero-order valence-electron chi connectivity index (χ0n) is 19.7. The van der Waals surface area contributed by atoms with Crippen LogP contribution in [0.3, 0.4) is 0 Å². The van der Waals surface area contributed by atoms with Crippen molar-refractivity contribution in [2.75, 3.05) is 11.9 Å². The van der Waals surface area contributed by atoms with Crippen LogP contribution in [0, 0.1) is 6.92 Å². The summed E-state index contributed by atoms with van der Waals surface area (Å²) in [5.41, 5.74) is 2.36. The van der Waals surface area contributed by atoms with Crippen LogP contribution in [0.15, 0.2) is 77.7 Å². The molecule has 184 valence electrons. The summed E-state index contributed by atoms with van der Waals surface area (Å²) in [6.45, 7) is 4.57. The molecule has 0 spiro atoms. The lowest BCUT2D eigenvalue weighted by molar-refractivity contribution is 0.0953. The van der Waals surface area contributed by atoms with E-state index >= 15 is 0 Å². The van der Waals surface area contributed by atoms with Gasteiger partial charge in [-0.15, -0.1) is 0 Å². The molecular weight excluding hydrogens is 499 g/mol. The van der Waals surface area contributed by atoms with Crippen molar-refractivity contribution >= 4 is 40.5 Å². The van der Waals surface area contributed by atoms with Crippen molar-refractivity contribution in [1.82, 2.24) is 15.1 Å². The Morgan fingerprint density at radius 2 is 1.72 bits per heavy atom. The van der Waals surface area contributed by atoms with Crippen LogP contribution in [0.2, 0.25) is 10.0 Å². The van der Waals surface area contributed by atoms with Crippen molar-refractivity contribution < 1.29 is 9.53 Å². The van der Waals surface area contributed by atoms with Crippen molar-refractivity contribution in [2.24, 2.45) is 0 Å². The highest BCUT2D eigenvalue weighted by Gasteiger charge is 2.16. The Labute approximate surface area is 218 Å². The standard InChI is InChI=1S/C27H24Cl2N4O3/c1-3-14-30-26(34)18-6-8-19(9-7-18)32-25-24(36-21-11-4-17(2)5-12-21)16-31-33(27(25)35)20-10-13-22(28)23(29)15-20/h4-13,15-16,32H,3,14H2,1-2H3,(H,30,34). The van der Waals surface area contributed by atoms with E-state index in [0.717, 1.165) is 12.0 Å². The number of nitrogens with zero attached hydrogens (tertiary/aromatic N) is 2. The summed E-state index contributed by atoms with van der Waals surface area (Å²) in [6.07, 6.45) is 2.31. The molecule has 3 aromatic carbocycles. The summed E-state index contributed by atoms with van der Waals surface area (Å²) in [5.74, 6) is 0.641. The maximum atomic E-state index is 13.5. The molecule has 0 aliphatic rings. The molecule has 2 N–H and O–H groups in total. The number of rotatable bonds is 8. The second-order valence-corrected chi connectivity index (χ2v) is 8.89. The van der Waals surface area contributed by atoms with Crippen LogP contribution in [0.1, 0.15) is 29.3 Å². The monoisotopic (exact) mass is 522 g/mol. The second kappa shape index (κ2) is 11.3. The number of halogens is 2. The minimum Gasteiger partial charge on any atom is -0.453 e. The van der Waals surface area contributed by atoms with Gasteiger partial charge in [-0.05, 0) is 67.9 Å². The molecule has 0 fully saturated rings. The zero-order chi connectivity index (χ0) is 25.7. The molecule has 0 bridgehead atoms. The molecule has 0 unspecified atom stereocenters. The lowest BCUT2D eigenvalue weighted by Crippen LogP contribution is -2.24. The van der Waals surface area contributed by atoms with E-state index in [9.17, 15) is 9.59 Å². The quantitative estimate of drug-likeness (QED) is 0.275. The number of nitrogens with one attached hydrogen (secondary N) is 2. The predicted octanol–water partition coefficient (Wildman–Crippen LogP) is 6.52. The summed E-state index contributed by atoms with van der Waals surface area (Å²) >= 11 is 12.2. The van der Waals surface area contributed by atoms with E-state index in [2.05, 4.69) is 15.7 Å². The molecule has 0 atom stereocenters. The molecule has 9 heteroatoms. The van der Waals surface area contributed by atoms with Gasteiger partial charge in [-0.25, -0.2) is 0 Å². The van der Waals surface area contributed by atoms with E-state index < -0.39 is 5.56 Å². The first kappa shape index (κ1) is 25.3. The lowest BCUT2D eigenvalue weighted by atomic mass is 10.2. The van der Waals surface area contributed by atoms with E-state index in [1.807, 2.05) is 38.1 Å². The number of carbonyl (C=O) groups is 1. The van der Waals surface area contributed by atoms with Gasteiger partial charge in [0.05, 0.1) is 21.9 Å². The number of ether oxygens (including phenoxy) is 1. The number of anilines is 2. The fourth-order valence-corrected chi connectivity index (χ4v) is 3.65. The first-order valence-electron chi connectivity index (χ1n) is 11.3. The van der Waals surface area contributed by atoms with Gasteiger partial charge in [0.15, 0.2) is 11.4 Å². The summed E-state index contributed by atoms with van der Waals surface area (Å²) in [5, 5.41) is 10.9. The van der Waals surface area contributed by atoms with Gasteiger partial charge in [-0.2, -0.15) is 9.78 Å². The third kappa shape index (κ3) is 5.87. The van der Waals surface area contributed by atoms with Crippen LogP contribution in [0.25, 0.3) is 5.69 Å². The van der Waals surface area contributed by atoms with E-state index in [1.54, 1.807) is 42.5 Å². The number of aryl methyl sites for hydroxylation is 1. The summed E-state index contributed by atoms with van der Waals surface area (Å²) in [7, 11) is 0. The van der Waals surface area contributed by atoms with Crippen LogP contribution >= 0.6 is 23.2 Å². The Morgan fingerprint density at radius 3 is 2.39 bits per heavy atom. The number of aromatic nitrogens is 2. The number of benzene rings is 3. The van der Waals surface area contributed by atoms with E-state index in [-0.39, 0.29) is 17.3 Å². The molecule has 1 amide bonds. The van der Waals surface area contributed by atoms with Crippen molar-refractivity contribution in [3.05, 3.63) is 104 Å². The fourth-order valence-electron chi connectivity index (χ4n) is 3.35. The summed E-state index contributed by atoms with van der Waals surface area (Å²) in [4.78, 5) is 25.8. The van der Waals surface area contributed by atoms with Gasteiger partial charge in [0.2, 0.25) is 0 Å². The molecule has 4 aromatic rings. The van der Waals surface area contributed by atoms with Gasteiger partial charge < -0.3 is 15.4 Å². The average molecular weight is 523 g/mol. The Kier molecular flexibility index (Phi) is 7.93. The molecule has 7 nitrogen and oxygen atoms in total. The van der Waals surface area contributed by atoms with Crippen molar-refractivity contribution in [2.45, 2.75) is 20.3 Å². The zero-order valence-corrected chi connectivity index (χ0v) is 21.2. The largest absolute Gasteiger partial charge is 0.453 e. The maximum Gasteiger partial charge on any atom is 0.299 e. The third-order valence-corrected chi connectivity index (χ3v) is 6.03. The second-order valence-electron chi connectivity index (χ2n) is 8.07. The van der Waals surface area contributed by atoms with Gasteiger partial charge in [0, 0.05) is 17.8 Å². The minimum atomic E-state index is -0.456. The Bertz CT molecular complexity index is 1440. The van der Waals surface area contributed by atoms with Gasteiger partial charge in [-0.3, -0.25) is 9.59 Å². The molecule has 0 aliphatic heterocycles. The number of hydrogen-bond acceptors (Lipinski definition) is 5. The highest BCUT2D eigenvalue weighted by atomic mass is 35.5. The van der Waals surface area contributed by atoms with Gasteiger partial charge in [-0.1, -0.05) is 47.8 Å². The number of amides is 1. The van der Waals surface area contributed by atoms with Gasteiger partial charge in [0.1, 0.15) is 5.75 Å². The van der Waals surface area contributed by atoms with E-state index in [4.69, 9.17) is 27.9 Å². The fraction of sp³-hybridized carbons (Fsp3) is 0.148. The summed E-state index contributed by atoms with van der Waals surface area (Å²) < 4.78 is 7.22. The molecule has 1 aromatic heterocycles. The van der Waals surface area contributed by atoms with Crippen molar-refractivity contribution in [3.8, 4) is 17.2 Å². The molecule has 0 aliphatic carbocycles. The molecule has 0 saturated carbocycles. The van der Waals surface area contributed by atoms with Crippen LogP contribution < -0.4 is 20.9 Å². The van der Waals surface area contributed by atoms with Crippen molar-refractivity contribution in [3.63, 3.8) is 0 Å². The molecule has 36 heavy (non-hydrogen) atoms. The topological polar surface area (TPSA) is 85.2 Å². The Morgan fingerprint density at radius 1 is 1.00 bits per heavy atom. The van der Waals surface area contributed by atoms with Crippen LogP contribution in [-0.2, 0) is 0 Å². The number of carbonyl (C=O) groups excluding carboxylic acids is 1. The smallest absolute Gasteiger partial charge is 0.299 e. The molecule has 0 radical (unpaired) electrons. The minimum absolute atomic E-state index is 0.155. The predicted molar refractivity (Wildman–Crippen MR) is 143 cm³/mol. The summed E-state index contributed by atoms with van der Waals surface area (Å²) in [6, 6.07) is 19.1. The Hall–Kier alpha value is -3.81. The van der Waals surface area contributed by atoms with Gasteiger partial charge in [0.25, 0.3) is 11.5 Å². The maximum absolute atomic E-state index is 13.5. The number of hydrogen-bond donors (Lipinski definition) is 2. The Balaban J connectivity index is 1.71. The lowest BCUT2D eigenvalue weighted by Gasteiger charge is -2.15. The van der Waals surface area contributed by atoms with Crippen LogP contribution in [-0.4, -0.2) is 22.2 Å². The molecule has 4 rings (SSSR count). The van der Waals surface area contributed by atoms with E-state index in [1.165, 1.54) is 10.9 Å².